The minimum Gasteiger partial charge on any atom is -0.369 e. The Labute approximate surface area is 130 Å². The summed E-state index contributed by atoms with van der Waals surface area (Å²) in [5.41, 5.74) is 3.11. The maximum Gasteiger partial charge on any atom is 0.130 e. The van der Waals surface area contributed by atoms with Crippen LogP contribution in [0.15, 0.2) is 42.5 Å². The van der Waals surface area contributed by atoms with Crippen LogP contribution in [-0.2, 0) is 6.54 Å². The number of anilines is 1. The zero-order valence-electron chi connectivity index (χ0n) is 12.7. The summed E-state index contributed by atoms with van der Waals surface area (Å²) < 4.78 is 26.7. The van der Waals surface area contributed by atoms with E-state index in [9.17, 15) is 8.78 Å². The van der Waals surface area contributed by atoms with E-state index in [0.29, 0.717) is 12.1 Å². The van der Waals surface area contributed by atoms with Crippen LogP contribution in [-0.4, -0.2) is 31.1 Å². The zero-order valence-corrected chi connectivity index (χ0v) is 12.7. The standard InChI is InChI=1S/C18H20F2N2/c1-14-4-2-3-5-18(14)22-10-8-21(9-11-22)13-15-6-7-16(19)12-17(15)20/h2-7,12H,8-11,13H2,1H3. The van der Waals surface area contributed by atoms with Gasteiger partial charge in [0.2, 0.25) is 0 Å². The Morgan fingerprint density at radius 3 is 2.36 bits per heavy atom. The first kappa shape index (κ1) is 15.0. The van der Waals surface area contributed by atoms with Crippen molar-refractivity contribution in [3.8, 4) is 0 Å². The molecule has 0 bridgehead atoms. The summed E-state index contributed by atoms with van der Waals surface area (Å²) in [4.78, 5) is 4.58. The van der Waals surface area contributed by atoms with Crippen molar-refractivity contribution in [1.82, 2.24) is 4.90 Å². The normalized spacial score (nSPS) is 16.0. The van der Waals surface area contributed by atoms with Gasteiger partial charge in [0.1, 0.15) is 11.6 Å². The van der Waals surface area contributed by atoms with Crippen LogP contribution in [0.25, 0.3) is 0 Å². The number of benzene rings is 2. The molecule has 0 amide bonds. The molecule has 0 aromatic heterocycles. The molecule has 1 fully saturated rings. The maximum absolute atomic E-state index is 13.7. The molecule has 0 spiro atoms. The van der Waals surface area contributed by atoms with Crippen LogP contribution in [0.2, 0.25) is 0 Å². The molecule has 0 radical (unpaired) electrons. The lowest BCUT2D eigenvalue weighted by atomic mass is 10.1. The van der Waals surface area contributed by atoms with Crippen LogP contribution in [0.4, 0.5) is 14.5 Å². The van der Waals surface area contributed by atoms with Crippen LogP contribution in [0.5, 0.6) is 0 Å². The number of hydrogen-bond acceptors (Lipinski definition) is 2. The molecule has 0 unspecified atom stereocenters. The van der Waals surface area contributed by atoms with Crippen molar-refractivity contribution >= 4 is 5.69 Å². The summed E-state index contributed by atoms with van der Waals surface area (Å²) in [5, 5.41) is 0. The third-order valence-electron chi connectivity index (χ3n) is 4.24. The Morgan fingerprint density at radius 1 is 0.955 bits per heavy atom. The van der Waals surface area contributed by atoms with Gasteiger partial charge in [-0.1, -0.05) is 24.3 Å². The Bertz CT molecular complexity index is 649. The van der Waals surface area contributed by atoms with Gasteiger partial charge in [0.15, 0.2) is 0 Å². The fraction of sp³-hybridized carbons (Fsp3) is 0.333. The predicted octanol–water partition coefficient (Wildman–Crippen LogP) is 3.60. The molecule has 3 rings (SSSR count). The predicted molar refractivity (Wildman–Crippen MR) is 85.0 cm³/mol. The molecular formula is C18H20F2N2. The molecule has 2 aromatic rings. The maximum atomic E-state index is 13.7. The highest BCUT2D eigenvalue weighted by Gasteiger charge is 2.19. The summed E-state index contributed by atoms with van der Waals surface area (Å²) >= 11 is 0. The quantitative estimate of drug-likeness (QED) is 0.855. The van der Waals surface area contributed by atoms with E-state index in [4.69, 9.17) is 0 Å². The Hall–Kier alpha value is -1.94. The lowest BCUT2D eigenvalue weighted by molar-refractivity contribution is 0.246. The van der Waals surface area contributed by atoms with Crippen LogP contribution >= 0.6 is 0 Å². The zero-order chi connectivity index (χ0) is 15.5. The molecule has 0 aliphatic carbocycles. The first-order valence-corrected chi connectivity index (χ1v) is 7.60. The lowest BCUT2D eigenvalue weighted by Crippen LogP contribution is -2.46. The monoisotopic (exact) mass is 302 g/mol. The Balaban J connectivity index is 1.61. The summed E-state index contributed by atoms with van der Waals surface area (Å²) in [7, 11) is 0. The molecule has 2 aromatic carbocycles. The number of piperazine rings is 1. The summed E-state index contributed by atoms with van der Waals surface area (Å²) in [5.74, 6) is -0.980. The van der Waals surface area contributed by atoms with Gasteiger partial charge in [-0.25, -0.2) is 8.78 Å². The van der Waals surface area contributed by atoms with E-state index >= 15 is 0 Å². The summed E-state index contributed by atoms with van der Waals surface area (Å²) in [6.07, 6.45) is 0. The van der Waals surface area contributed by atoms with E-state index < -0.39 is 11.6 Å². The average Bonchev–Trinajstić information content (AvgIpc) is 2.51. The second-order valence-corrected chi connectivity index (χ2v) is 5.79. The number of hydrogen-bond donors (Lipinski definition) is 0. The van der Waals surface area contributed by atoms with Gasteiger partial charge in [0, 0.05) is 50.0 Å². The Kier molecular flexibility index (Phi) is 4.39. The SMILES string of the molecule is Cc1ccccc1N1CCN(Cc2ccc(F)cc2F)CC1. The van der Waals surface area contributed by atoms with E-state index in [1.807, 2.05) is 6.07 Å². The van der Waals surface area contributed by atoms with Crippen LogP contribution in [0.1, 0.15) is 11.1 Å². The average molecular weight is 302 g/mol. The van der Waals surface area contributed by atoms with Gasteiger partial charge in [-0.3, -0.25) is 4.90 Å². The van der Waals surface area contributed by atoms with E-state index in [2.05, 4.69) is 34.9 Å². The molecule has 0 N–H and O–H groups in total. The highest BCUT2D eigenvalue weighted by Crippen LogP contribution is 2.21. The third kappa shape index (κ3) is 3.28. The molecule has 22 heavy (non-hydrogen) atoms. The minimum atomic E-state index is -0.523. The number of para-hydroxylation sites is 1. The second kappa shape index (κ2) is 6.44. The van der Waals surface area contributed by atoms with E-state index in [0.717, 1.165) is 32.2 Å². The number of aryl methyl sites for hydroxylation is 1. The van der Waals surface area contributed by atoms with Crippen molar-refractivity contribution in [2.45, 2.75) is 13.5 Å². The molecule has 0 saturated carbocycles. The molecule has 116 valence electrons. The lowest BCUT2D eigenvalue weighted by Gasteiger charge is -2.36. The first-order chi connectivity index (χ1) is 10.6. The third-order valence-corrected chi connectivity index (χ3v) is 4.24. The largest absolute Gasteiger partial charge is 0.369 e. The van der Waals surface area contributed by atoms with Crippen molar-refractivity contribution in [2.75, 3.05) is 31.1 Å². The van der Waals surface area contributed by atoms with Crippen molar-refractivity contribution in [2.24, 2.45) is 0 Å². The molecule has 1 aliphatic heterocycles. The number of nitrogens with zero attached hydrogens (tertiary/aromatic N) is 2. The molecule has 2 nitrogen and oxygen atoms in total. The summed E-state index contributed by atoms with van der Waals surface area (Å²) in [6.45, 7) is 6.26. The van der Waals surface area contributed by atoms with E-state index in [1.165, 1.54) is 17.3 Å². The summed E-state index contributed by atoms with van der Waals surface area (Å²) in [6, 6.07) is 12.2. The highest BCUT2D eigenvalue weighted by atomic mass is 19.1. The van der Waals surface area contributed by atoms with Crippen LogP contribution < -0.4 is 4.90 Å². The van der Waals surface area contributed by atoms with Crippen LogP contribution in [0.3, 0.4) is 0 Å². The van der Waals surface area contributed by atoms with Gasteiger partial charge < -0.3 is 4.90 Å². The van der Waals surface area contributed by atoms with Crippen LogP contribution in [0, 0.1) is 18.6 Å². The smallest absolute Gasteiger partial charge is 0.130 e. The first-order valence-electron chi connectivity index (χ1n) is 7.60. The molecule has 1 saturated heterocycles. The minimum absolute atomic E-state index is 0.457. The second-order valence-electron chi connectivity index (χ2n) is 5.79. The van der Waals surface area contributed by atoms with Gasteiger partial charge >= 0.3 is 0 Å². The van der Waals surface area contributed by atoms with Crippen molar-refractivity contribution in [3.05, 3.63) is 65.2 Å². The van der Waals surface area contributed by atoms with E-state index in [1.54, 1.807) is 6.07 Å². The van der Waals surface area contributed by atoms with Gasteiger partial charge in [0.05, 0.1) is 0 Å². The molecule has 0 atom stereocenters. The van der Waals surface area contributed by atoms with Gasteiger partial charge in [0.25, 0.3) is 0 Å². The van der Waals surface area contributed by atoms with Gasteiger partial charge in [-0.15, -0.1) is 0 Å². The fourth-order valence-corrected chi connectivity index (χ4v) is 2.96. The van der Waals surface area contributed by atoms with Crippen molar-refractivity contribution in [1.29, 1.82) is 0 Å². The molecule has 4 heteroatoms. The highest BCUT2D eigenvalue weighted by molar-refractivity contribution is 5.53. The molecule has 1 heterocycles. The van der Waals surface area contributed by atoms with Gasteiger partial charge in [-0.05, 0) is 24.6 Å². The molecule has 1 aliphatic rings. The van der Waals surface area contributed by atoms with Crippen molar-refractivity contribution in [3.63, 3.8) is 0 Å². The van der Waals surface area contributed by atoms with Gasteiger partial charge in [-0.2, -0.15) is 0 Å². The molecular weight excluding hydrogens is 282 g/mol. The Morgan fingerprint density at radius 2 is 1.68 bits per heavy atom. The number of rotatable bonds is 3. The van der Waals surface area contributed by atoms with E-state index in [-0.39, 0.29) is 0 Å². The fourth-order valence-electron chi connectivity index (χ4n) is 2.96. The topological polar surface area (TPSA) is 6.48 Å². The number of halogens is 2. The van der Waals surface area contributed by atoms with Crippen molar-refractivity contribution < 1.29 is 8.78 Å².